The minimum atomic E-state index is 0.234. The second-order valence-electron chi connectivity index (χ2n) is 5.16. The van der Waals surface area contributed by atoms with Gasteiger partial charge in [-0.1, -0.05) is 0 Å². The fourth-order valence-electron chi connectivity index (χ4n) is 2.29. The van der Waals surface area contributed by atoms with Crippen molar-refractivity contribution in [2.75, 3.05) is 12.5 Å². The number of methoxy groups -OCH3 is 1. The molecule has 0 saturated heterocycles. The molecule has 0 aliphatic carbocycles. The number of hydrogen-bond acceptors (Lipinski definition) is 5. The molecule has 0 atom stereocenters. The van der Waals surface area contributed by atoms with E-state index < -0.39 is 0 Å². The highest BCUT2D eigenvalue weighted by molar-refractivity contribution is 5.93. The van der Waals surface area contributed by atoms with Crippen molar-refractivity contribution in [1.29, 1.82) is 0 Å². The third kappa shape index (κ3) is 3.40. The molecule has 0 aliphatic heterocycles. The number of ether oxygens (including phenoxy) is 1. The van der Waals surface area contributed by atoms with Crippen LogP contribution in [0, 0.1) is 6.92 Å². The lowest BCUT2D eigenvalue weighted by atomic mass is 10.1. The van der Waals surface area contributed by atoms with Gasteiger partial charge in [-0.25, -0.2) is 0 Å². The summed E-state index contributed by atoms with van der Waals surface area (Å²) < 4.78 is 5.27. The van der Waals surface area contributed by atoms with Crippen LogP contribution in [-0.2, 0) is 0 Å². The Morgan fingerprint density at radius 2 is 1.91 bits per heavy atom. The number of fused-ring (bicyclic) bond motifs is 1. The van der Waals surface area contributed by atoms with Gasteiger partial charge in [0.15, 0.2) is 0 Å². The second-order valence-corrected chi connectivity index (χ2v) is 5.16. The van der Waals surface area contributed by atoms with Crippen molar-refractivity contribution in [2.45, 2.75) is 6.92 Å². The van der Waals surface area contributed by atoms with E-state index in [1.807, 2.05) is 31.2 Å². The molecule has 0 fully saturated rings. The van der Waals surface area contributed by atoms with E-state index in [-0.39, 0.29) is 5.75 Å². The van der Waals surface area contributed by atoms with Gasteiger partial charge in [0.1, 0.15) is 11.5 Å². The third-order valence-electron chi connectivity index (χ3n) is 3.44. The van der Waals surface area contributed by atoms with Crippen LogP contribution in [0.5, 0.6) is 11.5 Å². The first-order chi connectivity index (χ1) is 11.2. The molecule has 0 radical (unpaired) electrons. The number of nitrogens with zero attached hydrogens (tertiary/aromatic N) is 2. The number of anilines is 1. The summed E-state index contributed by atoms with van der Waals surface area (Å²) in [5.41, 5.74) is 6.60. The number of nitrogens with one attached hydrogen (secondary N) is 1. The summed E-state index contributed by atoms with van der Waals surface area (Å²) in [5.74, 6) is 1.01. The first-order valence-corrected chi connectivity index (χ1v) is 7.19. The van der Waals surface area contributed by atoms with E-state index in [0.29, 0.717) is 0 Å². The molecule has 116 valence electrons. The van der Waals surface area contributed by atoms with Crippen LogP contribution in [0.15, 0.2) is 53.6 Å². The quantitative estimate of drug-likeness (QED) is 0.569. The van der Waals surface area contributed by atoms with E-state index in [1.54, 1.807) is 37.6 Å². The second kappa shape index (κ2) is 6.36. The van der Waals surface area contributed by atoms with Crippen LogP contribution in [-0.4, -0.2) is 23.4 Å². The van der Waals surface area contributed by atoms with E-state index in [2.05, 4.69) is 15.5 Å². The molecule has 3 rings (SSSR count). The predicted molar refractivity (Wildman–Crippen MR) is 92.4 cm³/mol. The average Bonchev–Trinajstić information content (AvgIpc) is 2.56. The molecule has 5 nitrogen and oxygen atoms in total. The molecule has 1 aromatic heterocycles. The van der Waals surface area contributed by atoms with Gasteiger partial charge in [0, 0.05) is 11.1 Å². The summed E-state index contributed by atoms with van der Waals surface area (Å²) in [4.78, 5) is 4.51. The Labute approximate surface area is 134 Å². The van der Waals surface area contributed by atoms with Crippen molar-refractivity contribution in [3.05, 3.63) is 59.8 Å². The van der Waals surface area contributed by atoms with Gasteiger partial charge in [-0.2, -0.15) is 5.10 Å². The zero-order chi connectivity index (χ0) is 16.2. The number of aryl methyl sites for hydroxylation is 1. The van der Waals surface area contributed by atoms with E-state index in [1.165, 1.54) is 0 Å². The summed E-state index contributed by atoms with van der Waals surface area (Å²) in [6.07, 6.45) is 1.70. The van der Waals surface area contributed by atoms with E-state index in [9.17, 15) is 5.11 Å². The number of phenols is 1. The summed E-state index contributed by atoms with van der Waals surface area (Å²) >= 11 is 0. The fraction of sp³-hybridized carbons (Fsp3) is 0.111. The average molecular weight is 307 g/mol. The molecule has 0 bridgehead atoms. The number of aromatic hydroxyl groups is 1. The molecule has 0 spiro atoms. The van der Waals surface area contributed by atoms with Crippen LogP contribution < -0.4 is 10.2 Å². The largest absolute Gasteiger partial charge is 0.508 e. The smallest absolute Gasteiger partial charge is 0.119 e. The molecular formula is C18H17N3O2. The molecule has 0 unspecified atom stereocenters. The summed E-state index contributed by atoms with van der Waals surface area (Å²) in [6.45, 7) is 1.94. The standard InChI is InChI=1S/C18H17N3O2/c1-12-9-18(16-10-15(23-2)7-8-17(16)20-12)21-19-11-13-3-5-14(22)6-4-13/h3-11,22H,1-2H3,(H,20,21)/b19-11+. The molecule has 5 heteroatoms. The molecule has 2 aromatic carbocycles. The Kier molecular flexibility index (Phi) is 4.10. The lowest BCUT2D eigenvalue weighted by Gasteiger charge is -2.08. The number of benzene rings is 2. The van der Waals surface area contributed by atoms with E-state index in [0.717, 1.165) is 33.6 Å². The third-order valence-corrected chi connectivity index (χ3v) is 3.44. The van der Waals surface area contributed by atoms with Crippen molar-refractivity contribution < 1.29 is 9.84 Å². The van der Waals surface area contributed by atoms with Gasteiger partial charge in [0.25, 0.3) is 0 Å². The van der Waals surface area contributed by atoms with Crippen LogP contribution in [0.1, 0.15) is 11.3 Å². The topological polar surface area (TPSA) is 66.7 Å². The van der Waals surface area contributed by atoms with Crippen LogP contribution >= 0.6 is 0 Å². The van der Waals surface area contributed by atoms with Gasteiger partial charge in [-0.05, 0) is 61.0 Å². The van der Waals surface area contributed by atoms with Crippen LogP contribution in [0.4, 0.5) is 5.69 Å². The highest BCUT2D eigenvalue weighted by Crippen LogP contribution is 2.27. The van der Waals surface area contributed by atoms with Crippen molar-refractivity contribution in [1.82, 2.24) is 4.98 Å². The van der Waals surface area contributed by atoms with E-state index >= 15 is 0 Å². The highest BCUT2D eigenvalue weighted by Gasteiger charge is 2.05. The zero-order valence-corrected chi connectivity index (χ0v) is 12.9. The Balaban J connectivity index is 1.90. The Morgan fingerprint density at radius 1 is 1.13 bits per heavy atom. The maximum Gasteiger partial charge on any atom is 0.119 e. The number of pyridine rings is 1. The van der Waals surface area contributed by atoms with Gasteiger partial charge in [-0.3, -0.25) is 10.4 Å². The first-order valence-electron chi connectivity index (χ1n) is 7.19. The van der Waals surface area contributed by atoms with Gasteiger partial charge in [0.2, 0.25) is 0 Å². The summed E-state index contributed by atoms with van der Waals surface area (Å²) in [5, 5.41) is 14.5. The van der Waals surface area contributed by atoms with Crippen molar-refractivity contribution in [3.8, 4) is 11.5 Å². The van der Waals surface area contributed by atoms with E-state index in [4.69, 9.17) is 4.74 Å². The molecular weight excluding hydrogens is 290 g/mol. The normalized spacial score (nSPS) is 11.0. The SMILES string of the molecule is COc1ccc2nc(C)cc(N/N=C/c3ccc(O)cc3)c2c1. The summed E-state index contributed by atoms with van der Waals surface area (Å²) in [6, 6.07) is 14.5. The van der Waals surface area contributed by atoms with Crippen LogP contribution in [0.2, 0.25) is 0 Å². The molecule has 2 N–H and O–H groups in total. The molecule has 0 aliphatic rings. The number of aromatic nitrogens is 1. The Morgan fingerprint density at radius 3 is 2.65 bits per heavy atom. The van der Waals surface area contributed by atoms with Crippen molar-refractivity contribution >= 4 is 22.8 Å². The highest BCUT2D eigenvalue weighted by atomic mass is 16.5. The maximum atomic E-state index is 9.28. The van der Waals surface area contributed by atoms with Gasteiger partial charge in [-0.15, -0.1) is 0 Å². The molecule has 0 amide bonds. The first kappa shape index (κ1) is 14.8. The lowest BCUT2D eigenvalue weighted by molar-refractivity contribution is 0.415. The van der Waals surface area contributed by atoms with Crippen LogP contribution in [0.25, 0.3) is 10.9 Å². The minimum absolute atomic E-state index is 0.234. The zero-order valence-electron chi connectivity index (χ0n) is 12.9. The predicted octanol–water partition coefficient (Wildman–Crippen LogP) is 3.70. The molecule has 23 heavy (non-hydrogen) atoms. The maximum absolute atomic E-state index is 9.28. The Hall–Kier alpha value is -3.08. The minimum Gasteiger partial charge on any atom is -0.508 e. The number of hydrazone groups is 1. The lowest BCUT2D eigenvalue weighted by Crippen LogP contribution is -1.95. The van der Waals surface area contributed by atoms with Gasteiger partial charge >= 0.3 is 0 Å². The number of phenolic OH excluding ortho intramolecular Hbond substituents is 1. The monoisotopic (exact) mass is 307 g/mol. The van der Waals surface area contributed by atoms with Crippen molar-refractivity contribution in [3.63, 3.8) is 0 Å². The molecule has 0 saturated carbocycles. The van der Waals surface area contributed by atoms with Crippen LogP contribution in [0.3, 0.4) is 0 Å². The molecule has 1 heterocycles. The van der Waals surface area contributed by atoms with Crippen molar-refractivity contribution in [2.24, 2.45) is 5.10 Å². The van der Waals surface area contributed by atoms with Gasteiger partial charge < -0.3 is 9.84 Å². The van der Waals surface area contributed by atoms with Gasteiger partial charge in [0.05, 0.1) is 24.5 Å². The fourth-order valence-corrected chi connectivity index (χ4v) is 2.29. The Bertz CT molecular complexity index is 858. The number of rotatable bonds is 4. The molecule has 3 aromatic rings. The summed E-state index contributed by atoms with van der Waals surface area (Å²) in [7, 11) is 1.64. The number of hydrogen-bond donors (Lipinski definition) is 2.